The summed E-state index contributed by atoms with van der Waals surface area (Å²) < 4.78 is 1.14. The highest BCUT2D eigenvalue weighted by molar-refractivity contribution is 9.10. The van der Waals surface area contributed by atoms with Crippen molar-refractivity contribution in [3.8, 4) is 0 Å². The van der Waals surface area contributed by atoms with Gasteiger partial charge in [0.2, 0.25) is 0 Å². The Morgan fingerprint density at radius 3 is 2.37 bits per heavy atom. The molecule has 1 fully saturated rings. The fourth-order valence-corrected chi connectivity index (χ4v) is 3.64. The van der Waals surface area contributed by atoms with Crippen molar-refractivity contribution in [3.63, 3.8) is 0 Å². The number of hydrogen-bond donors (Lipinski definition) is 1. The minimum absolute atomic E-state index is 0.337. The Labute approximate surface area is 126 Å². The van der Waals surface area contributed by atoms with Gasteiger partial charge in [-0.2, -0.15) is 0 Å². The average Bonchev–Trinajstić information content (AvgIpc) is 2.42. The number of nitrogens with two attached hydrogens (primary N) is 1. The summed E-state index contributed by atoms with van der Waals surface area (Å²) in [5, 5.41) is 0. The van der Waals surface area contributed by atoms with Crippen LogP contribution in [0.15, 0.2) is 28.7 Å². The third kappa shape index (κ3) is 4.61. The maximum absolute atomic E-state index is 6.43. The van der Waals surface area contributed by atoms with E-state index in [1.54, 1.807) is 0 Å². The van der Waals surface area contributed by atoms with E-state index in [0.717, 1.165) is 22.7 Å². The number of rotatable bonds is 5. The van der Waals surface area contributed by atoms with Crippen LogP contribution in [0.25, 0.3) is 0 Å². The summed E-state index contributed by atoms with van der Waals surface area (Å²) in [5.74, 6) is 1.71. The van der Waals surface area contributed by atoms with Crippen LogP contribution in [-0.2, 0) is 6.42 Å². The van der Waals surface area contributed by atoms with Gasteiger partial charge in [-0.25, -0.2) is 0 Å². The van der Waals surface area contributed by atoms with E-state index in [-0.39, 0.29) is 0 Å². The summed E-state index contributed by atoms with van der Waals surface area (Å²) in [4.78, 5) is 0. The van der Waals surface area contributed by atoms with Gasteiger partial charge in [-0.15, -0.1) is 0 Å². The lowest BCUT2D eigenvalue weighted by molar-refractivity contribution is 0.232. The summed E-state index contributed by atoms with van der Waals surface area (Å²) in [6.07, 6.45) is 9.23. The minimum atomic E-state index is 0.337. The fourth-order valence-electron chi connectivity index (χ4n) is 3.37. The molecule has 1 nitrogen and oxygen atoms in total. The first-order valence-electron chi connectivity index (χ1n) is 7.69. The van der Waals surface area contributed by atoms with Crippen LogP contribution in [0.5, 0.6) is 0 Å². The SMILES string of the molecule is CCCC1CCC(C(N)Cc2ccc(Br)cc2)CC1. The second kappa shape index (κ2) is 7.44. The Balaban J connectivity index is 1.81. The molecule has 1 aliphatic carbocycles. The maximum Gasteiger partial charge on any atom is 0.0175 e. The second-order valence-electron chi connectivity index (χ2n) is 6.06. The predicted molar refractivity (Wildman–Crippen MR) is 86.2 cm³/mol. The molecule has 1 unspecified atom stereocenters. The Morgan fingerprint density at radius 1 is 1.16 bits per heavy atom. The normalized spacial score (nSPS) is 25.2. The Morgan fingerprint density at radius 2 is 1.79 bits per heavy atom. The van der Waals surface area contributed by atoms with Gasteiger partial charge in [-0.1, -0.05) is 60.7 Å². The molecule has 0 spiro atoms. The zero-order valence-electron chi connectivity index (χ0n) is 11.9. The van der Waals surface area contributed by atoms with Crippen LogP contribution in [0.4, 0.5) is 0 Å². The van der Waals surface area contributed by atoms with Gasteiger partial charge in [-0.05, 0) is 48.8 Å². The van der Waals surface area contributed by atoms with E-state index in [9.17, 15) is 0 Å². The minimum Gasteiger partial charge on any atom is -0.327 e. The van der Waals surface area contributed by atoms with Gasteiger partial charge in [0.15, 0.2) is 0 Å². The van der Waals surface area contributed by atoms with Crippen molar-refractivity contribution in [1.29, 1.82) is 0 Å². The summed E-state index contributed by atoms with van der Waals surface area (Å²) in [5.41, 5.74) is 7.79. The third-order valence-electron chi connectivity index (χ3n) is 4.58. The molecule has 1 saturated carbocycles. The molecule has 106 valence electrons. The molecule has 0 amide bonds. The third-order valence-corrected chi connectivity index (χ3v) is 5.11. The Kier molecular flexibility index (Phi) is 5.90. The summed E-state index contributed by atoms with van der Waals surface area (Å²) in [7, 11) is 0. The first-order chi connectivity index (χ1) is 9.19. The van der Waals surface area contributed by atoms with Gasteiger partial charge in [0, 0.05) is 10.5 Å². The molecule has 1 atom stereocenters. The van der Waals surface area contributed by atoms with Gasteiger partial charge >= 0.3 is 0 Å². The van der Waals surface area contributed by atoms with Gasteiger partial charge < -0.3 is 5.73 Å². The van der Waals surface area contributed by atoms with Gasteiger partial charge in [0.1, 0.15) is 0 Å². The average molecular weight is 324 g/mol. The van der Waals surface area contributed by atoms with E-state index in [4.69, 9.17) is 5.73 Å². The molecule has 0 aromatic heterocycles. The van der Waals surface area contributed by atoms with E-state index < -0.39 is 0 Å². The molecule has 1 aliphatic rings. The van der Waals surface area contributed by atoms with Crippen molar-refractivity contribution in [2.45, 2.75) is 57.9 Å². The van der Waals surface area contributed by atoms with Crippen LogP contribution < -0.4 is 5.73 Å². The molecule has 2 N–H and O–H groups in total. The lowest BCUT2D eigenvalue weighted by Gasteiger charge is -2.32. The van der Waals surface area contributed by atoms with Gasteiger partial charge in [0.05, 0.1) is 0 Å². The Hall–Kier alpha value is -0.340. The fraction of sp³-hybridized carbons (Fsp3) is 0.647. The smallest absolute Gasteiger partial charge is 0.0175 e. The molecule has 1 aromatic rings. The highest BCUT2D eigenvalue weighted by atomic mass is 79.9. The van der Waals surface area contributed by atoms with E-state index >= 15 is 0 Å². The van der Waals surface area contributed by atoms with Crippen LogP contribution in [0.2, 0.25) is 0 Å². The van der Waals surface area contributed by atoms with E-state index in [2.05, 4.69) is 47.1 Å². The zero-order valence-corrected chi connectivity index (χ0v) is 13.5. The molecule has 2 rings (SSSR count). The highest BCUT2D eigenvalue weighted by Gasteiger charge is 2.25. The predicted octanol–water partition coefficient (Wildman–Crippen LogP) is 4.93. The topological polar surface area (TPSA) is 26.0 Å². The first kappa shape index (κ1) is 15.1. The van der Waals surface area contributed by atoms with Crippen molar-refractivity contribution in [3.05, 3.63) is 34.3 Å². The Bertz CT molecular complexity index is 365. The molecule has 0 bridgehead atoms. The largest absolute Gasteiger partial charge is 0.327 e. The quantitative estimate of drug-likeness (QED) is 0.817. The molecule has 0 saturated heterocycles. The number of hydrogen-bond acceptors (Lipinski definition) is 1. The zero-order chi connectivity index (χ0) is 13.7. The molecule has 1 aromatic carbocycles. The number of benzene rings is 1. The monoisotopic (exact) mass is 323 g/mol. The molecular weight excluding hydrogens is 298 g/mol. The molecule has 0 radical (unpaired) electrons. The van der Waals surface area contributed by atoms with Gasteiger partial charge in [-0.3, -0.25) is 0 Å². The van der Waals surface area contributed by atoms with Crippen molar-refractivity contribution in [2.75, 3.05) is 0 Å². The van der Waals surface area contributed by atoms with Crippen LogP contribution in [-0.4, -0.2) is 6.04 Å². The molecular formula is C17H26BrN. The lowest BCUT2D eigenvalue weighted by Crippen LogP contribution is -2.34. The summed E-state index contributed by atoms with van der Waals surface area (Å²) >= 11 is 3.48. The van der Waals surface area contributed by atoms with Crippen molar-refractivity contribution in [2.24, 2.45) is 17.6 Å². The van der Waals surface area contributed by atoms with Crippen molar-refractivity contribution >= 4 is 15.9 Å². The van der Waals surface area contributed by atoms with Crippen LogP contribution in [0, 0.1) is 11.8 Å². The van der Waals surface area contributed by atoms with Crippen LogP contribution in [0.3, 0.4) is 0 Å². The molecule has 19 heavy (non-hydrogen) atoms. The molecule has 2 heteroatoms. The maximum atomic E-state index is 6.43. The van der Waals surface area contributed by atoms with Crippen LogP contribution >= 0.6 is 15.9 Å². The molecule has 0 aliphatic heterocycles. The second-order valence-corrected chi connectivity index (χ2v) is 6.98. The van der Waals surface area contributed by atoms with E-state index in [1.165, 1.54) is 44.1 Å². The summed E-state index contributed by atoms with van der Waals surface area (Å²) in [6, 6.07) is 8.93. The standard InChI is InChI=1S/C17H26BrN/c1-2-3-13-4-8-15(9-5-13)17(19)12-14-6-10-16(18)11-7-14/h6-7,10-11,13,15,17H,2-5,8-9,12,19H2,1H3. The van der Waals surface area contributed by atoms with E-state index in [1.807, 2.05) is 0 Å². The summed E-state index contributed by atoms with van der Waals surface area (Å²) in [6.45, 7) is 2.30. The first-order valence-corrected chi connectivity index (χ1v) is 8.48. The molecule has 0 heterocycles. The van der Waals surface area contributed by atoms with Crippen molar-refractivity contribution < 1.29 is 0 Å². The number of halogens is 1. The lowest BCUT2D eigenvalue weighted by atomic mass is 9.76. The van der Waals surface area contributed by atoms with Gasteiger partial charge in [0.25, 0.3) is 0 Å². The van der Waals surface area contributed by atoms with E-state index in [0.29, 0.717) is 6.04 Å². The highest BCUT2D eigenvalue weighted by Crippen LogP contribution is 2.33. The van der Waals surface area contributed by atoms with Crippen molar-refractivity contribution in [1.82, 2.24) is 0 Å². The van der Waals surface area contributed by atoms with Crippen LogP contribution in [0.1, 0.15) is 51.0 Å².